The number of aromatic nitrogens is 4. The number of benzene rings is 2. The highest BCUT2D eigenvalue weighted by atomic mass is 35.5. The van der Waals surface area contributed by atoms with Gasteiger partial charge in [-0.25, -0.2) is 19.0 Å². The van der Waals surface area contributed by atoms with Gasteiger partial charge >= 0.3 is 0 Å². The van der Waals surface area contributed by atoms with Crippen molar-refractivity contribution >= 4 is 40.3 Å². The van der Waals surface area contributed by atoms with Gasteiger partial charge in [0.15, 0.2) is 5.65 Å². The molecule has 31 heavy (non-hydrogen) atoms. The van der Waals surface area contributed by atoms with Gasteiger partial charge in [0.25, 0.3) is 0 Å². The molecular weight excluding hydrogens is 441 g/mol. The molecule has 0 fully saturated rings. The second-order valence-corrected chi connectivity index (χ2v) is 7.79. The molecule has 0 aliphatic heterocycles. The Kier molecular flexibility index (Phi) is 6.63. The average molecular weight is 458 g/mol. The molecule has 0 saturated carbocycles. The van der Waals surface area contributed by atoms with E-state index in [4.69, 9.17) is 16.3 Å². The topological polar surface area (TPSA) is 81.9 Å². The number of amides is 1. The largest absolute Gasteiger partial charge is 0.492 e. The van der Waals surface area contributed by atoms with Crippen LogP contribution in [0.3, 0.4) is 0 Å². The number of nitrogens with one attached hydrogen (secondary N) is 1. The van der Waals surface area contributed by atoms with Crippen LogP contribution in [-0.4, -0.2) is 44.6 Å². The van der Waals surface area contributed by atoms with E-state index in [0.29, 0.717) is 40.3 Å². The molecule has 0 unspecified atom stereocenters. The molecule has 1 amide bonds. The molecule has 4 rings (SSSR count). The number of rotatable bonds is 8. The van der Waals surface area contributed by atoms with Crippen LogP contribution in [-0.2, 0) is 4.79 Å². The van der Waals surface area contributed by atoms with Crippen LogP contribution in [0.15, 0.2) is 66.1 Å². The fourth-order valence-corrected chi connectivity index (χ4v) is 3.70. The van der Waals surface area contributed by atoms with Crippen LogP contribution in [0.1, 0.15) is 0 Å². The molecule has 0 aliphatic rings. The predicted molar refractivity (Wildman–Crippen MR) is 117 cm³/mol. The zero-order valence-electron chi connectivity index (χ0n) is 16.2. The van der Waals surface area contributed by atoms with Crippen LogP contribution in [0.2, 0.25) is 5.02 Å². The number of hydrogen-bond acceptors (Lipinski definition) is 6. The van der Waals surface area contributed by atoms with E-state index in [-0.39, 0.29) is 17.5 Å². The highest BCUT2D eigenvalue weighted by molar-refractivity contribution is 8.00. The standard InChI is InChI=1S/C21H17ClFN5O2S/c22-14-1-7-17(8-2-14)30-10-9-24-19(29)12-31-21-18-11-27-28(20(18)25-13-26-21)16-5-3-15(23)4-6-16/h1-8,11,13H,9-10,12H2,(H,24,29). The van der Waals surface area contributed by atoms with Crippen LogP contribution in [0.4, 0.5) is 4.39 Å². The molecule has 0 radical (unpaired) electrons. The third kappa shape index (κ3) is 5.31. The van der Waals surface area contributed by atoms with Crippen molar-refractivity contribution in [2.75, 3.05) is 18.9 Å². The number of ether oxygens (including phenoxy) is 1. The first kappa shape index (κ1) is 21.1. The highest BCUT2D eigenvalue weighted by Gasteiger charge is 2.13. The van der Waals surface area contributed by atoms with Crippen LogP contribution in [0, 0.1) is 5.82 Å². The summed E-state index contributed by atoms with van der Waals surface area (Å²) in [6.45, 7) is 0.726. The summed E-state index contributed by atoms with van der Waals surface area (Å²) in [5, 5.41) is 9.14. The number of hydrogen-bond donors (Lipinski definition) is 1. The minimum atomic E-state index is -0.323. The maximum Gasteiger partial charge on any atom is 0.230 e. The normalized spacial score (nSPS) is 10.9. The minimum Gasteiger partial charge on any atom is -0.492 e. The molecule has 2 aromatic heterocycles. The first-order chi connectivity index (χ1) is 15.1. The predicted octanol–water partition coefficient (Wildman–Crippen LogP) is 3.90. The molecular formula is C21H17ClFN5O2S. The lowest BCUT2D eigenvalue weighted by Crippen LogP contribution is -2.29. The van der Waals surface area contributed by atoms with E-state index < -0.39 is 0 Å². The van der Waals surface area contributed by atoms with Crippen LogP contribution >= 0.6 is 23.4 Å². The quantitative estimate of drug-likeness (QED) is 0.245. The molecule has 0 aliphatic carbocycles. The molecule has 1 N–H and O–H groups in total. The van der Waals surface area contributed by atoms with Crippen LogP contribution in [0.25, 0.3) is 16.7 Å². The van der Waals surface area contributed by atoms with Gasteiger partial charge in [0.1, 0.15) is 29.5 Å². The molecule has 158 valence electrons. The lowest BCUT2D eigenvalue weighted by atomic mass is 10.3. The number of nitrogens with zero attached hydrogens (tertiary/aromatic N) is 4. The summed E-state index contributed by atoms with van der Waals surface area (Å²) < 4.78 is 20.3. The van der Waals surface area contributed by atoms with Gasteiger partial charge in [-0.05, 0) is 48.5 Å². The molecule has 10 heteroatoms. The Hall–Kier alpha value is -3.17. The van der Waals surface area contributed by atoms with Gasteiger partial charge < -0.3 is 10.1 Å². The van der Waals surface area contributed by atoms with Crippen molar-refractivity contribution in [3.8, 4) is 11.4 Å². The minimum absolute atomic E-state index is 0.137. The Bertz CT molecular complexity index is 1180. The molecule has 7 nitrogen and oxygen atoms in total. The molecule has 2 heterocycles. The second kappa shape index (κ2) is 9.76. The fraction of sp³-hybridized carbons (Fsp3) is 0.143. The third-order valence-corrected chi connectivity index (χ3v) is 5.50. The number of thioether (sulfide) groups is 1. The van der Waals surface area contributed by atoms with Crippen molar-refractivity contribution in [1.82, 2.24) is 25.1 Å². The van der Waals surface area contributed by atoms with Gasteiger partial charge in [-0.2, -0.15) is 5.10 Å². The van der Waals surface area contributed by atoms with Crippen molar-refractivity contribution in [2.24, 2.45) is 0 Å². The molecule has 2 aromatic carbocycles. The van der Waals surface area contributed by atoms with Crippen molar-refractivity contribution in [1.29, 1.82) is 0 Å². The highest BCUT2D eigenvalue weighted by Crippen LogP contribution is 2.25. The average Bonchev–Trinajstić information content (AvgIpc) is 3.22. The van der Waals surface area contributed by atoms with E-state index in [0.717, 1.165) is 5.39 Å². The monoisotopic (exact) mass is 457 g/mol. The lowest BCUT2D eigenvalue weighted by molar-refractivity contribution is -0.118. The summed E-state index contributed by atoms with van der Waals surface area (Å²) in [6.07, 6.45) is 3.06. The molecule has 4 aromatic rings. The van der Waals surface area contributed by atoms with Gasteiger partial charge in [-0.1, -0.05) is 23.4 Å². The van der Waals surface area contributed by atoms with E-state index in [9.17, 15) is 9.18 Å². The number of fused-ring (bicyclic) bond motifs is 1. The van der Waals surface area contributed by atoms with Crippen LogP contribution < -0.4 is 10.1 Å². The summed E-state index contributed by atoms with van der Waals surface area (Å²) in [7, 11) is 0. The van der Waals surface area contributed by atoms with Gasteiger partial charge in [0.2, 0.25) is 5.91 Å². The van der Waals surface area contributed by atoms with Gasteiger partial charge in [-0.15, -0.1) is 0 Å². The Morgan fingerprint density at radius 1 is 1.13 bits per heavy atom. The van der Waals surface area contributed by atoms with Crippen molar-refractivity contribution in [3.05, 3.63) is 71.9 Å². The Balaban J connectivity index is 1.32. The van der Waals surface area contributed by atoms with E-state index in [1.807, 2.05) is 0 Å². The summed E-state index contributed by atoms with van der Waals surface area (Å²) in [5.74, 6) is 0.419. The second-order valence-electron chi connectivity index (χ2n) is 6.39. The Labute approximate surface area is 186 Å². The van der Waals surface area contributed by atoms with Crippen LogP contribution in [0.5, 0.6) is 5.75 Å². The van der Waals surface area contributed by atoms with Crippen molar-refractivity contribution < 1.29 is 13.9 Å². The Morgan fingerprint density at radius 2 is 1.90 bits per heavy atom. The zero-order valence-corrected chi connectivity index (χ0v) is 17.7. The lowest BCUT2D eigenvalue weighted by Gasteiger charge is -2.08. The van der Waals surface area contributed by atoms with E-state index in [1.54, 1.807) is 47.3 Å². The molecule has 0 spiro atoms. The maximum atomic E-state index is 13.2. The molecule has 0 atom stereocenters. The van der Waals surface area contributed by atoms with Crippen molar-refractivity contribution in [2.45, 2.75) is 5.03 Å². The van der Waals surface area contributed by atoms with Gasteiger partial charge in [-0.3, -0.25) is 4.79 Å². The summed E-state index contributed by atoms with van der Waals surface area (Å²) in [4.78, 5) is 20.7. The zero-order chi connectivity index (χ0) is 21.6. The number of carbonyl (C=O) groups excluding carboxylic acids is 1. The van der Waals surface area contributed by atoms with E-state index in [1.165, 1.54) is 30.2 Å². The first-order valence-corrected chi connectivity index (χ1v) is 10.7. The summed E-state index contributed by atoms with van der Waals surface area (Å²) in [5.41, 5.74) is 1.27. The number of halogens is 2. The SMILES string of the molecule is O=C(CSc1ncnc2c1cnn2-c1ccc(F)cc1)NCCOc1ccc(Cl)cc1. The third-order valence-electron chi connectivity index (χ3n) is 4.25. The smallest absolute Gasteiger partial charge is 0.230 e. The maximum absolute atomic E-state index is 13.2. The van der Waals surface area contributed by atoms with Gasteiger partial charge in [0, 0.05) is 5.02 Å². The Morgan fingerprint density at radius 3 is 2.68 bits per heavy atom. The molecule has 0 bridgehead atoms. The van der Waals surface area contributed by atoms with E-state index in [2.05, 4.69) is 20.4 Å². The summed E-state index contributed by atoms with van der Waals surface area (Å²) >= 11 is 7.12. The van der Waals surface area contributed by atoms with Gasteiger partial charge in [0.05, 0.1) is 29.6 Å². The first-order valence-electron chi connectivity index (χ1n) is 9.33. The number of carbonyl (C=O) groups is 1. The van der Waals surface area contributed by atoms with Crippen molar-refractivity contribution in [3.63, 3.8) is 0 Å². The summed E-state index contributed by atoms with van der Waals surface area (Å²) in [6, 6.07) is 13.0. The molecule has 0 saturated heterocycles. The van der Waals surface area contributed by atoms with E-state index >= 15 is 0 Å². The fourth-order valence-electron chi connectivity index (χ4n) is 2.78.